The quantitative estimate of drug-likeness (QED) is 0.913. The number of nitrogens with one attached hydrogen (secondary N) is 1. The molecule has 1 aromatic carbocycles. The zero-order valence-electron chi connectivity index (χ0n) is 14.5. The van der Waals surface area contributed by atoms with Crippen molar-refractivity contribution in [3.63, 3.8) is 0 Å². The summed E-state index contributed by atoms with van der Waals surface area (Å²) in [5.41, 5.74) is 3.86. The van der Waals surface area contributed by atoms with E-state index in [0.29, 0.717) is 18.8 Å². The first-order chi connectivity index (χ1) is 12.1. The third-order valence-electron chi connectivity index (χ3n) is 5.45. The maximum atomic E-state index is 13.2. The van der Waals surface area contributed by atoms with Gasteiger partial charge in [-0.05, 0) is 50.4 Å². The number of H-pyrrole nitrogens is 1. The Kier molecular flexibility index (Phi) is 4.29. The van der Waals surface area contributed by atoms with Crippen molar-refractivity contribution in [2.75, 3.05) is 26.7 Å². The van der Waals surface area contributed by atoms with Crippen LogP contribution in [0.5, 0.6) is 0 Å². The summed E-state index contributed by atoms with van der Waals surface area (Å²) in [5.74, 6) is -0.224. The lowest BCUT2D eigenvalue weighted by Gasteiger charge is -2.39. The van der Waals surface area contributed by atoms with E-state index in [1.807, 2.05) is 11.9 Å². The van der Waals surface area contributed by atoms with Gasteiger partial charge in [-0.15, -0.1) is 0 Å². The van der Waals surface area contributed by atoms with Gasteiger partial charge in [0, 0.05) is 30.9 Å². The number of benzene rings is 1. The van der Waals surface area contributed by atoms with Gasteiger partial charge in [0.15, 0.2) is 5.69 Å². The number of amides is 1. The van der Waals surface area contributed by atoms with Crippen LogP contribution >= 0.6 is 0 Å². The maximum Gasteiger partial charge on any atom is 0.274 e. The van der Waals surface area contributed by atoms with Crippen LogP contribution < -0.4 is 0 Å². The Hall–Kier alpha value is -2.21. The highest BCUT2D eigenvalue weighted by Gasteiger charge is 2.32. The number of likely N-dealkylation sites (N-methyl/N-ethyl adjacent to an activating group) is 1. The van der Waals surface area contributed by atoms with E-state index in [-0.39, 0.29) is 17.8 Å². The van der Waals surface area contributed by atoms with Crippen LogP contribution in [0.3, 0.4) is 0 Å². The summed E-state index contributed by atoms with van der Waals surface area (Å²) in [7, 11) is 2.05. The highest BCUT2D eigenvalue weighted by Crippen LogP contribution is 2.27. The molecule has 25 heavy (non-hydrogen) atoms. The molecule has 2 aromatic rings. The summed E-state index contributed by atoms with van der Waals surface area (Å²) in [4.78, 5) is 17.1. The minimum atomic E-state index is -0.238. The normalized spacial score (nSPS) is 21.2. The summed E-state index contributed by atoms with van der Waals surface area (Å²) in [6.07, 6.45) is 4.19. The van der Waals surface area contributed by atoms with Gasteiger partial charge < -0.3 is 4.90 Å². The van der Waals surface area contributed by atoms with Gasteiger partial charge in [0.05, 0.1) is 6.04 Å². The van der Waals surface area contributed by atoms with E-state index >= 15 is 0 Å². The number of aromatic nitrogens is 2. The molecule has 1 amide bonds. The monoisotopic (exact) mass is 342 g/mol. The Balaban J connectivity index is 1.55. The molecule has 1 saturated heterocycles. The Morgan fingerprint density at radius 3 is 2.76 bits per heavy atom. The summed E-state index contributed by atoms with van der Waals surface area (Å²) >= 11 is 0. The molecule has 1 atom stereocenters. The summed E-state index contributed by atoms with van der Waals surface area (Å²) < 4.78 is 13.2. The Morgan fingerprint density at radius 2 is 1.96 bits per heavy atom. The number of aryl methyl sites for hydroxylation is 1. The van der Waals surface area contributed by atoms with Crippen LogP contribution in [-0.4, -0.2) is 52.6 Å². The van der Waals surface area contributed by atoms with Crippen LogP contribution in [0.25, 0.3) is 0 Å². The molecule has 0 radical (unpaired) electrons. The average molecular weight is 342 g/mol. The van der Waals surface area contributed by atoms with Crippen molar-refractivity contribution < 1.29 is 9.18 Å². The Labute approximate surface area is 146 Å². The zero-order valence-corrected chi connectivity index (χ0v) is 14.5. The van der Waals surface area contributed by atoms with Crippen molar-refractivity contribution in [3.05, 3.63) is 52.6 Å². The molecule has 5 nitrogen and oxygen atoms in total. The van der Waals surface area contributed by atoms with E-state index in [0.717, 1.165) is 49.0 Å². The number of carbonyl (C=O) groups is 1. The molecule has 2 aliphatic rings. The molecule has 1 unspecified atom stereocenters. The number of hydrogen-bond acceptors (Lipinski definition) is 3. The van der Waals surface area contributed by atoms with Crippen molar-refractivity contribution in [3.8, 4) is 0 Å². The van der Waals surface area contributed by atoms with Gasteiger partial charge in [0.2, 0.25) is 0 Å². The molecule has 1 aromatic heterocycles. The predicted molar refractivity (Wildman–Crippen MR) is 92.9 cm³/mol. The lowest BCUT2D eigenvalue weighted by atomic mass is 9.95. The highest BCUT2D eigenvalue weighted by molar-refractivity contribution is 5.94. The van der Waals surface area contributed by atoms with Crippen LogP contribution in [-0.2, 0) is 12.8 Å². The van der Waals surface area contributed by atoms with E-state index < -0.39 is 0 Å². The second kappa shape index (κ2) is 6.59. The Morgan fingerprint density at radius 1 is 1.20 bits per heavy atom. The summed E-state index contributed by atoms with van der Waals surface area (Å²) in [6.45, 7) is 2.08. The zero-order chi connectivity index (χ0) is 17.4. The SMILES string of the molecule is CN1CCN(C(=O)c2n[nH]c3c2CCCC3)CC1c1ccc(F)cc1. The number of piperazine rings is 1. The van der Waals surface area contributed by atoms with Crippen molar-refractivity contribution in [1.82, 2.24) is 20.0 Å². The van der Waals surface area contributed by atoms with Crippen LogP contribution in [0.4, 0.5) is 4.39 Å². The van der Waals surface area contributed by atoms with E-state index in [2.05, 4.69) is 15.1 Å². The molecule has 1 fully saturated rings. The number of rotatable bonds is 2. The number of nitrogens with zero attached hydrogens (tertiary/aromatic N) is 3. The standard InChI is InChI=1S/C19H23FN4O/c1-23-10-11-24(12-17(23)13-6-8-14(20)9-7-13)19(25)18-15-4-2-3-5-16(15)21-22-18/h6-9,17H,2-5,10-12H2,1H3,(H,21,22). The van der Waals surface area contributed by atoms with Crippen LogP contribution in [0.2, 0.25) is 0 Å². The van der Waals surface area contributed by atoms with E-state index in [9.17, 15) is 9.18 Å². The largest absolute Gasteiger partial charge is 0.334 e. The summed E-state index contributed by atoms with van der Waals surface area (Å²) in [5, 5.41) is 7.38. The smallest absolute Gasteiger partial charge is 0.274 e. The molecular formula is C19H23FN4O. The van der Waals surface area contributed by atoms with E-state index in [1.165, 1.54) is 12.1 Å². The minimum Gasteiger partial charge on any atom is -0.334 e. The van der Waals surface area contributed by atoms with Crippen molar-refractivity contribution in [2.45, 2.75) is 31.7 Å². The molecule has 2 heterocycles. The number of fused-ring (bicyclic) bond motifs is 1. The van der Waals surface area contributed by atoms with E-state index in [4.69, 9.17) is 0 Å². The Bertz CT molecular complexity index is 770. The first kappa shape index (κ1) is 16.3. The first-order valence-corrected chi connectivity index (χ1v) is 8.94. The third-order valence-corrected chi connectivity index (χ3v) is 5.45. The maximum absolute atomic E-state index is 13.2. The molecule has 4 rings (SSSR count). The van der Waals surface area contributed by atoms with Crippen molar-refractivity contribution >= 4 is 5.91 Å². The van der Waals surface area contributed by atoms with Gasteiger partial charge in [-0.3, -0.25) is 14.8 Å². The topological polar surface area (TPSA) is 52.2 Å². The fraction of sp³-hybridized carbons (Fsp3) is 0.474. The molecule has 132 valence electrons. The lowest BCUT2D eigenvalue weighted by molar-refractivity contribution is 0.0539. The van der Waals surface area contributed by atoms with Crippen LogP contribution in [0.1, 0.15) is 46.2 Å². The van der Waals surface area contributed by atoms with Gasteiger partial charge >= 0.3 is 0 Å². The molecule has 1 aliphatic heterocycles. The average Bonchev–Trinajstić information content (AvgIpc) is 3.06. The molecule has 1 N–H and O–H groups in total. The van der Waals surface area contributed by atoms with Gasteiger partial charge in [0.1, 0.15) is 5.82 Å². The second-order valence-corrected chi connectivity index (χ2v) is 7.04. The van der Waals surface area contributed by atoms with Crippen LogP contribution in [0.15, 0.2) is 24.3 Å². The number of hydrogen-bond donors (Lipinski definition) is 1. The van der Waals surface area contributed by atoms with Crippen molar-refractivity contribution in [2.24, 2.45) is 0 Å². The van der Waals surface area contributed by atoms with E-state index in [1.54, 1.807) is 12.1 Å². The fourth-order valence-electron chi connectivity index (χ4n) is 3.91. The molecule has 1 aliphatic carbocycles. The highest BCUT2D eigenvalue weighted by atomic mass is 19.1. The second-order valence-electron chi connectivity index (χ2n) is 7.04. The first-order valence-electron chi connectivity index (χ1n) is 8.94. The van der Waals surface area contributed by atoms with Gasteiger partial charge in [0.25, 0.3) is 5.91 Å². The molecule has 0 spiro atoms. The lowest BCUT2D eigenvalue weighted by Crippen LogP contribution is -2.49. The number of aromatic amines is 1. The molecule has 6 heteroatoms. The molecule has 0 saturated carbocycles. The minimum absolute atomic E-state index is 0.0135. The predicted octanol–water partition coefficient (Wildman–Crippen LogP) is 2.56. The van der Waals surface area contributed by atoms with Crippen LogP contribution in [0, 0.1) is 5.82 Å². The van der Waals surface area contributed by atoms with Gasteiger partial charge in [-0.2, -0.15) is 5.10 Å². The van der Waals surface area contributed by atoms with Gasteiger partial charge in [-0.25, -0.2) is 4.39 Å². The summed E-state index contributed by atoms with van der Waals surface area (Å²) in [6, 6.07) is 6.65. The van der Waals surface area contributed by atoms with Gasteiger partial charge in [-0.1, -0.05) is 12.1 Å². The number of carbonyl (C=O) groups excluding carboxylic acids is 1. The fourth-order valence-corrected chi connectivity index (χ4v) is 3.91. The molecular weight excluding hydrogens is 319 g/mol. The molecule has 0 bridgehead atoms. The number of halogens is 1. The third kappa shape index (κ3) is 3.06. The van der Waals surface area contributed by atoms with Crippen molar-refractivity contribution in [1.29, 1.82) is 0 Å².